The van der Waals surface area contributed by atoms with Crippen molar-refractivity contribution in [1.29, 1.82) is 0 Å². The van der Waals surface area contributed by atoms with Crippen molar-refractivity contribution in [3.63, 3.8) is 0 Å². The van der Waals surface area contributed by atoms with Crippen LogP contribution in [0.15, 0.2) is 10.7 Å². The SMILES string of the molecule is Nc1nc(-c2ncc(Cl)s2)nc(C2CC2)c1Br. The summed E-state index contributed by atoms with van der Waals surface area (Å²) in [4.78, 5) is 12.9. The van der Waals surface area contributed by atoms with Crippen molar-refractivity contribution in [1.82, 2.24) is 15.0 Å². The molecule has 2 aromatic rings. The average Bonchev–Trinajstić information content (AvgIpc) is 3.05. The number of nitrogen functional groups attached to an aromatic ring is 1. The molecular formula is C10H8BrClN4S. The Morgan fingerprint density at radius 3 is 2.76 bits per heavy atom. The summed E-state index contributed by atoms with van der Waals surface area (Å²) in [6, 6.07) is 0. The van der Waals surface area contributed by atoms with E-state index >= 15 is 0 Å². The third-order valence-corrected chi connectivity index (χ3v) is 4.46. The molecule has 7 heteroatoms. The molecule has 0 saturated heterocycles. The number of nitrogens with two attached hydrogens (primary N) is 1. The van der Waals surface area contributed by atoms with Gasteiger partial charge in [-0.05, 0) is 28.8 Å². The molecule has 1 aliphatic carbocycles. The maximum Gasteiger partial charge on any atom is 0.191 e. The largest absolute Gasteiger partial charge is 0.383 e. The van der Waals surface area contributed by atoms with Crippen LogP contribution < -0.4 is 5.73 Å². The first-order valence-corrected chi connectivity index (χ1v) is 7.08. The predicted octanol–water partition coefficient (Wildman–Crippen LogP) is 3.48. The van der Waals surface area contributed by atoms with Crippen LogP contribution >= 0.6 is 38.9 Å². The molecule has 3 rings (SSSR count). The number of nitrogens with zero attached hydrogens (tertiary/aromatic N) is 3. The number of halogens is 2. The highest BCUT2D eigenvalue weighted by Gasteiger charge is 2.29. The lowest BCUT2D eigenvalue weighted by molar-refractivity contribution is 0.982. The quantitative estimate of drug-likeness (QED) is 0.915. The number of anilines is 1. The Bertz CT molecular complexity index is 582. The molecule has 4 nitrogen and oxygen atoms in total. The molecule has 1 saturated carbocycles. The van der Waals surface area contributed by atoms with Crippen LogP contribution in [0.2, 0.25) is 4.34 Å². The van der Waals surface area contributed by atoms with E-state index in [-0.39, 0.29) is 0 Å². The van der Waals surface area contributed by atoms with Crippen LogP contribution in [0.25, 0.3) is 10.8 Å². The van der Waals surface area contributed by atoms with Gasteiger partial charge >= 0.3 is 0 Å². The number of thiazole rings is 1. The topological polar surface area (TPSA) is 64.7 Å². The van der Waals surface area contributed by atoms with Crippen LogP contribution in [0, 0.1) is 0 Å². The van der Waals surface area contributed by atoms with Gasteiger partial charge in [0.2, 0.25) is 0 Å². The van der Waals surface area contributed by atoms with Crippen molar-refractivity contribution in [3.05, 3.63) is 20.7 Å². The Morgan fingerprint density at radius 2 is 2.18 bits per heavy atom. The predicted molar refractivity (Wildman–Crippen MR) is 72.2 cm³/mol. The number of rotatable bonds is 2. The minimum atomic E-state index is 0.461. The molecule has 0 aromatic carbocycles. The molecule has 0 bridgehead atoms. The van der Waals surface area contributed by atoms with E-state index in [9.17, 15) is 0 Å². The normalized spacial score (nSPS) is 15.2. The first-order chi connectivity index (χ1) is 8.15. The van der Waals surface area contributed by atoms with Crippen molar-refractivity contribution in [2.75, 3.05) is 5.73 Å². The van der Waals surface area contributed by atoms with E-state index in [0.717, 1.165) is 23.0 Å². The van der Waals surface area contributed by atoms with Crippen LogP contribution in [0.3, 0.4) is 0 Å². The molecule has 17 heavy (non-hydrogen) atoms. The Morgan fingerprint density at radius 1 is 1.41 bits per heavy atom. The summed E-state index contributed by atoms with van der Waals surface area (Å²) in [5.41, 5.74) is 6.86. The molecule has 0 atom stereocenters. The van der Waals surface area contributed by atoms with Gasteiger partial charge in [-0.3, -0.25) is 0 Å². The summed E-state index contributed by atoms with van der Waals surface area (Å²) in [6.07, 6.45) is 3.92. The Hall–Kier alpha value is -0.720. The fraction of sp³-hybridized carbons (Fsp3) is 0.300. The van der Waals surface area contributed by atoms with Gasteiger partial charge in [-0.15, -0.1) is 0 Å². The van der Waals surface area contributed by atoms with Gasteiger partial charge in [-0.1, -0.05) is 22.9 Å². The highest BCUT2D eigenvalue weighted by molar-refractivity contribution is 9.10. The highest BCUT2D eigenvalue weighted by Crippen LogP contribution is 2.44. The van der Waals surface area contributed by atoms with E-state index in [4.69, 9.17) is 17.3 Å². The van der Waals surface area contributed by atoms with Crippen molar-refractivity contribution >= 4 is 44.7 Å². The lowest BCUT2D eigenvalue weighted by atomic mass is 10.2. The monoisotopic (exact) mass is 330 g/mol. The van der Waals surface area contributed by atoms with E-state index < -0.39 is 0 Å². The third-order valence-electron chi connectivity index (χ3n) is 2.54. The molecule has 1 fully saturated rings. The van der Waals surface area contributed by atoms with Gasteiger partial charge < -0.3 is 5.73 Å². The van der Waals surface area contributed by atoms with E-state index in [2.05, 4.69) is 30.9 Å². The van der Waals surface area contributed by atoms with Gasteiger partial charge in [0.05, 0.1) is 16.4 Å². The molecule has 0 unspecified atom stereocenters. The lowest BCUT2D eigenvalue weighted by Gasteiger charge is -2.06. The van der Waals surface area contributed by atoms with Gasteiger partial charge in [-0.25, -0.2) is 15.0 Å². The maximum absolute atomic E-state index is 5.88. The van der Waals surface area contributed by atoms with Crippen molar-refractivity contribution in [2.24, 2.45) is 0 Å². The number of aromatic nitrogens is 3. The van der Waals surface area contributed by atoms with Crippen LogP contribution in [0.5, 0.6) is 0 Å². The average molecular weight is 332 g/mol. The fourth-order valence-corrected chi connectivity index (χ4v) is 2.91. The van der Waals surface area contributed by atoms with Gasteiger partial charge in [-0.2, -0.15) is 0 Å². The molecule has 0 amide bonds. The molecule has 2 aromatic heterocycles. The summed E-state index contributed by atoms with van der Waals surface area (Å²) in [6.45, 7) is 0. The molecule has 0 spiro atoms. The Kier molecular flexibility index (Phi) is 2.80. The summed E-state index contributed by atoms with van der Waals surface area (Å²) < 4.78 is 1.43. The standard InChI is InChI=1S/C10H8BrClN4S/c11-6-7(4-1-2-4)15-9(16-8(6)13)10-14-3-5(12)17-10/h3-4H,1-2H2,(H2,13,15,16). The van der Waals surface area contributed by atoms with Crippen LogP contribution in [0.1, 0.15) is 24.5 Å². The number of hydrogen-bond acceptors (Lipinski definition) is 5. The second-order valence-electron chi connectivity index (χ2n) is 3.88. The van der Waals surface area contributed by atoms with E-state index in [1.165, 1.54) is 11.3 Å². The zero-order chi connectivity index (χ0) is 12.0. The molecule has 2 heterocycles. The van der Waals surface area contributed by atoms with E-state index in [1.54, 1.807) is 6.20 Å². The highest BCUT2D eigenvalue weighted by atomic mass is 79.9. The number of hydrogen-bond donors (Lipinski definition) is 1. The first kappa shape index (κ1) is 11.4. The minimum absolute atomic E-state index is 0.461. The molecule has 2 N–H and O–H groups in total. The molecule has 88 valence electrons. The van der Waals surface area contributed by atoms with E-state index in [0.29, 0.717) is 26.9 Å². The van der Waals surface area contributed by atoms with Gasteiger partial charge in [0.25, 0.3) is 0 Å². The van der Waals surface area contributed by atoms with Crippen molar-refractivity contribution in [2.45, 2.75) is 18.8 Å². The van der Waals surface area contributed by atoms with Crippen molar-refractivity contribution in [3.8, 4) is 10.8 Å². The fourth-order valence-electron chi connectivity index (χ4n) is 1.56. The summed E-state index contributed by atoms with van der Waals surface area (Å²) in [5, 5.41) is 0.705. The summed E-state index contributed by atoms with van der Waals surface area (Å²) in [5.74, 6) is 1.52. The lowest BCUT2D eigenvalue weighted by Crippen LogP contribution is -2.01. The Balaban J connectivity index is 2.11. The van der Waals surface area contributed by atoms with Crippen LogP contribution in [0.4, 0.5) is 5.82 Å². The third kappa shape index (κ3) is 2.17. The molecule has 0 aliphatic heterocycles. The molecule has 0 radical (unpaired) electrons. The smallest absolute Gasteiger partial charge is 0.191 e. The zero-order valence-electron chi connectivity index (χ0n) is 8.65. The van der Waals surface area contributed by atoms with Crippen molar-refractivity contribution < 1.29 is 0 Å². The zero-order valence-corrected chi connectivity index (χ0v) is 11.8. The summed E-state index contributed by atoms with van der Waals surface area (Å²) in [7, 11) is 0. The van der Waals surface area contributed by atoms with Crippen LogP contribution in [-0.2, 0) is 0 Å². The van der Waals surface area contributed by atoms with Gasteiger partial charge in [0.15, 0.2) is 10.8 Å². The first-order valence-electron chi connectivity index (χ1n) is 5.09. The molecule has 1 aliphatic rings. The molecular weight excluding hydrogens is 324 g/mol. The van der Waals surface area contributed by atoms with E-state index in [1.807, 2.05) is 0 Å². The second kappa shape index (κ2) is 4.19. The van der Waals surface area contributed by atoms with Gasteiger partial charge in [0, 0.05) is 5.92 Å². The minimum Gasteiger partial charge on any atom is -0.383 e. The Labute approximate surface area is 115 Å². The maximum atomic E-state index is 5.88. The van der Waals surface area contributed by atoms with Gasteiger partial charge in [0.1, 0.15) is 10.2 Å². The summed E-state index contributed by atoms with van der Waals surface area (Å²) >= 11 is 10.7. The second-order valence-corrected chi connectivity index (χ2v) is 6.33. The van der Waals surface area contributed by atoms with Crippen LogP contribution in [-0.4, -0.2) is 15.0 Å².